The van der Waals surface area contributed by atoms with Gasteiger partial charge in [-0.05, 0) is 45.6 Å². The number of carbonyl (C=O) groups excluding carboxylic acids is 1. The van der Waals surface area contributed by atoms with Crippen molar-refractivity contribution in [2.45, 2.75) is 51.7 Å². The number of amides is 1. The minimum Gasteiger partial charge on any atom is -0.444 e. The molecule has 0 spiro atoms. The lowest BCUT2D eigenvalue weighted by atomic mass is 9.89. The van der Waals surface area contributed by atoms with Crippen molar-refractivity contribution in [1.82, 2.24) is 4.90 Å². The van der Waals surface area contributed by atoms with Crippen LogP contribution in [0.1, 0.15) is 39.2 Å². The van der Waals surface area contributed by atoms with Crippen LogP contribution in [0, 0.1) is 5.92 Å². The number of benzene rings is 1. The summed E-state index contributed by atoms with van der Waals surface area (Å²) in [6.45, 7) is 6.75. The third-order valence-corrected chi connectivity index (χ3v) is 3.99. The summed E-state index contributed by atoms with van der Waals surface area (Å²) in [5.41, 5.74) is 0.788. The lowest BCUT2D eigenvalue weighted by molar-refractivity contribution is -0.00983. The number of piperidine rings is 1. The van der Waals surface area contributed by atoms with Gasteiger partial charge >= 0.3 is 6.09 Å². The minimum absolute atomic E-state index is 0.112. The summed E-state index contributed by atoms with van der Waals surface area (Å²) in [5.74, 6) is 0.112. The fraction of sp³-hybridized carbons (Fsp3) is 0.611. The highest BCUT2D eigenvalue weighted by Crippen LogP contribution is 2.23. The van der Waals surface area contributed by atoms with E-state index in [1.54, 1.807) is 4.90 Å². The zero-order valence-electron chi connectivity index (χ0n) is 13.8. The first-order chi connectivity index (χ1) is 10.3. The van der Waals surface area contributed by atoms with Gasteiger partial charge in [-0.15, -0.1) is 0 Å². The van der Waals surface area contributed by atoms with Crippen molar-refractivity contribution in [3.8, 4) is 0 Å². The Labute approximate surface area is 133 Å². The molecular weight excluding hydrogens is 278 g/mol. The van der Waals surface area contributed by atoms with Crippen molar-refractivity contribution in [2.75, 3.05) is 13.1 Å². The predicted molar refractivity (Wildman–Crippen MR) is 86.7 cm³/mol. The number of carbonyl (C=O) groups is 1. The lowest BCUT2D eigenvalue weighted by Crippen LogP contribution is -2.47. The van der Waals surface area contributed by atoms with Gasteiger partial charge in [0.05, 0.1) is 6.10 Å². The van der Waals surface area contributed by atoms with Crippen LogP contribution in [0.2, 0.25) is 0 Å². The Morgan fingerprint density at radius 3 is 2.64 bits per heavy atom. The van der Waals surface area contributed by atoms with E-state index in [1.807, 2.05) is 39.0 Å². The highest BCUT2D eigenvalue weighted by Gasteiger charge is 2.32. The van der Waals surface area contributed by atoms with Crippen molar-refractivity contribution >= 4 is 6.09 Å². The van der Waals surface area contributed by atoms with Crippen LogP contribution in [0.4, 0.5) is 4.79 Å². The number of aliphatic hydroxyl groups excluding tert-OH is 1. The number of nitrogens with zero attached hydrogens (tertiary/aromatic N) is 1. The van der Waals surface area contributed by atoms with Crippen LogP contribution in [0.25, 0.3) is 0 Å². The summed E-state index contributed by atoms with van der Waals surface area (Å²) >= 11 is 0. The van der Waals surface area contributed by atoms with Crippen LogP contribution in [0.5, 0.6) is 0 Å². The SMILES string of the molecule is CC(C)(C)OC(=O)N1CC[C@H](O)[C@@H](CCc2ccccc2)C1. The second-order valence-electron chi connectivity index (χ2n) is 7.07. The number of hydrogen-bond donors (Lipinski definition) is 1. The molecule has 0 bridgehead atoms. The molecule has 4 nitrogen and oxygen atoms in total. The maximum absolute atomic E-state index is 12.2. The molecule has 1 saturated heterocycles. The van der Waals surface area contributed by atoms with Gasteiger partial charge in [-0.2, -0.15) is 0 Å². The maximum atomic E-state index is 12.2. The largest absolute Gasteiger partial charge is 0.444 e. The third-order valence-electron chi connectivity index (χ3n) is 3.99. The van der Waals surface area contributed by atoms with Gasteiger partial charge in [0.1, 0.15) is 5.60 Å². The molecule has 22 heavy (non-hydrogen) atoms. The van der Waals surface area contributed by atoms with Gasteiger partial charge in [-0.25, -0.2) is 4.79 Å². The monoisotopic (exact) mass is 305 g/mol. The summed E-state index contributed by atoms with van der Waals surface area (Å²) in [7, 11) is 0. The maximum Gasteiger partial charge on any atom is 0.410 e. The molecule has 1 aromatic carbocycles. The van der Waals surface area contributed by atoms with Crippen LogP contribution >= 0.6 is 0 Å². The van der Waals surface area contributed by atoms with Gasteiger partial charge in [0.2, 0.25) is 0 Å². The topological polar surface area (TPSA) is 49.8 Å². The molecule has 1 aromatic rings. The second-order valence-corrected chi connectivity index (χ2v) is 7.07. The fourth-order valence-corrected chi connectivity index (χ4v) is 2.79. The predicted octanol–water partition coefficient (Wildman–Crippen LogP) is 3.24. The molecule has 0 unspecified atom stereocenters. The Balaban J connectivity index is 1.89. The zero-order valence-corrected chi connectivity index (χ0v) is 13.8. The van der Waals surface area contributed by atoms with Crippen LogP contribution < -0.4 is 0 Å². The minimum atomic E-state index is -0.479. The summed E-state index contributed by atoms with van der Waals surface area (Å²) in [5, 5.41) is 10.2. The van der Waals surface area contributed by atoms with Crippen molar-refractivity contribution in [3.63, 3.8) is 0 Å². The molecule has 0 radical (unpaired) electrons. The molecular formula is C18H27NO3. The number of hydrogen-bond acceptors (Lipinski definition) is 3. The molecule has 2 atom stereocenters. The Hall–Kier alpha value is -1.55. The molecule has 122 valence electrons. The number of aliphatic hydroxyl groups is 1. The fourth-order valence-electron chi connectivity index (χ4n) is 2.79. The van der Waals surface area contributed by atoms with E-state index in [0.29, 0.717) is 19.5 Å². The lowest BCUT2D eigenvalue weighted by Gasteiger charge is -2.37. The molecule has 1 aliphatic heterocycles. The first kappa shape index (κ1) is 16.8. The van der Waals surface area contributed by atoms with Gasteiger partial charge < -0.3 is 14.7 Å². The average Bonchev–Trinajstić information content (AvgIpc) is 2.45. The summed E-state index contributed by atoms with van der Waals surface area (Å²) in [6.07, 6.45) is 1.82. The first-order valence-corrected chi connectivity index (χ1v) is 8.05. The molecule has 1 heterocycles. The van der Waals surface area contributed by atoms with E-state index < -0.39 is 5.60 Å². The van der Waals surface area contributed by atoms with Gasteiger partial charge in [-0.1, -0.05) is 30.3 Å². The van der Waals surface area contributed by atoms with Crippen LogP contribution in [-0.4, -0.2) is 40.9 Å². The molecule has 4 heteroatoms. The first-order valence-electron chi connectivity index (χ1n) is 8.05. The smallest absolute Gasteiger partial charge is 0.410 e. The quantitative estimate of drug-likeness (QED) is 0.932. The van der Waals surface area contributed by atoms with Gasteiger partial charge in [-0.3, -0.25) is 0 Å². The van der Waals surface area contributed by atoms with Crippen LogP contribution in [0.3, 0.4) is 0 Å². The Kier molecular flexibility index (Phi) is 5.46. The molecule has 2 rings (SSSR count). The molecule has 0 aliphatic carbocycles. The van der Waals surface area contributed by atoms with Gasteiger partial charge in [0.15, 0.2) is 0 Å². The highest BCUT2D eigenvalue weighted by molar-refractivity contribution is 5.68. The van der Waals surface area contributed by atoms with E-state index in [0.717, 1.165) is 12.8 Å². The van der Waals surface area contributed by atoms with E-state index in [-0.39, 0.29) is 18.1 Å². The molecule has 1 aliphatic rings. The van der Waals surface area contributed by atoms with E-state index in [4.69, 9.17) is 4.74 Å². The molecule has 0 aromatic heterocycles. The van der Waals surface area contributed by atoms with E-state index in [9.17, 15) is 9.90 Å². The van der Waals surface area contributed by atoms with Crippen molar-refractivity contribution in [2.24, 2.45) is 5.92 Å². The number of aryl methyl sites for hydroxylation is 1. The number of ether oxygens (including phenoxy) is 1. The molecule has 1 amide bonds. The summed E-state index contributed by atoms with van der Waals surface area (Å²) in [6, 6.07) is 10.3. The van der Waals surface area contributed by atoms with Crippen LogP contribution in [0.15, 0.2) is 30.3 Å². The van der Waals surface area contributed by atoms with E-state index in [1.165, 1.54) is 5.56 Å². The van der Waals surface area contributed by atoms with Crippen molar-refractivity contribution in [3.05, 3.63) is 35.9 Å². The van der Waals surface area contributed by atoms with Crippen molar-refractivity contribution in [1.29, 1.82) is 0 Å². The van der Waals surface area contributed by atoms with Crippen molar-refractivity contribution < 1.29 is 14.6 Å². The molecule has 1 N–H and O–H groups in total. The summed E-state index contributed by atoms with van der Waals surface area (Å²) < 4.78 is 5.43. The Morgan fingerprint density at radius 1 is 1.32 bits per heavy atom. The molecule has 0 saturated carbocycles. The van der Waals surface area contributed by atoms with Gasteiger partial charge in [0.25, 0.3) is 0 Å². The zero-order chi connectivity index (χ0) is 16.2. The van der Waals surface area contributed by atoms with Gasteiger partial charge in [0, 0.05) is 19.0 Å². The molecule has 1 fully saturated rings. The normalized spacial score (nSPS) is 22.5. The Bertz CT molecular complexity index is 481. The third kappa shape index (κ3) is 5.02. The average molecular weight is 305 g/mol. The van der Waals surface area contributed by atoms with E-state index >= 15 is 0 Å². The number of rotatable bonds is 3. The van der Waals surface area contributed by atoms with Crippen LogP contribution in [-0.2, 0) is 11.2 Å². The summed E-state index contributed by atoms with van der Waals surface area (Å²) in [4.78, 5) is 13.9. The standard InChI is InChI=1S/C18H27NO3/c1-18(2,3)22-17(21)19-12-11-16(20)15(13-19)10-9-14-7-5-4-6-8-14/h4-8,15-16,20H,9-13H2,1-3H3/t15-,16-/m0/s1. The number of likely N-dealkylation sites (tertiary alicyclic amines) is 1. The Morgan fingerprint density at radius 2 is 2.00 bits per heavy atom. The highest BCUT2D eigenvalue weighted by atomic mass is 16.6. The van der Waals surface area contributed by atoms with E-state index in [2.05, 4.69) is 12.1 Å². The second kappa shape index (κ2) is 7.14.